The van der Waals surface area contributed by atoms with Gasteiger partial charge in [0.15, 0.2) is 0 Å². The molecule has 0 saturated heterocycles. The number of fused-ring (bicyclic) bond motifs is 1. The lowest BCUT2D eigenvalue weighted by Gasteiger charge is -2.19. The van der Waals surface area contributed by atoms with Gasteiger partial charge in [-0.15, -0.1) is 0 Å². The number of nitrogens with zero attached hydrogens (tertiary/aromatic N) is 1. The van der Waals surface area contributed by atoms with Crippen LogP contribution in [0.5, 0.6) is 0 Å². The number of benzene rings is 1. The Morgan fingerprint density at radius 1 is 1.25 bits per heavy atom. The average Bonchev–Trinajstić information content (AvgIpc) is 2.91. The molecule has 0 unspecified atom stereocenters. The third-order valence-corrected chi connectivity index (χ3v) is 4.12. The van der Waals surface area contributed by atoms with Gasteiger partial charge in [-0.2, -0.15) is 0 Å². The topological polar surface area (TPSA) is 45.2 Å². The second-order valence-corrected chi connectivity index (χ2v) is 5.53. The Morgan fingerprint density at radius 2 is 2.05 bits per heavy atom. The third-order valence-electron chi connectivity index (χ3n) is 4.12. The number of aliphatic hydroxyl groups is 1. The van der Waals surface area contributed by atoms with Crippen LogP contribution in [0.25, 0.3) is 10.9 Å². The summed E-state index contributed by atoms with van der Waals surface area (Å²) in [7, 11) is 0. The molecule has 104 valence electrons. The lowest BCUT2D eigenvalue weighted by Crippen LogP contribution is -2.18. The first-order valence-corrected chi connectivity index (χ1v) is 7.10. The molecule has 0 bridgehead atoms. The molecule has 1 aromatic carbocycles. The van der Waals surface area contributed by atoms with E-state index in [1.54, 1.807) is 0 Å². The Hall–Kier alpha value is -1.87. The van der Waals surface area contributed by atoms with E-state index < -0.39 is 0 Å². The third kappa shape index (κ3) is 2.29. The Labute approximate surface area is 119 Å². The molecular formula is C17H20N2O. The smallest absolute Gasteiger partial charge is 0.0726 e. The number of anilines is 1. The van der Waals surface area contributed by atoms with Gasteiger partial charge in [0.05, 0.1) is 5.52 Å². The van der Waals surface area contributed by atoms with Crippen LogP contribution in [-0.4, -0.2) is 22.7 Å². The van der Waals surface area contributed by atoms with E-state index in [4.69, 9.17) is 0 Å². The number of hydrogen-bond donors (Lipinski definition) is 2. The van der Waals surface area contributed by atoms with Gasteiger partial charge in [0.2, 0.25) is 0 Å². The molecule has 3 rings (SSSR count). The number of hydrogen-bond acceptors (Lipinski definition) is 3. The first-order chi connectivity index (χ1) is 9.69. The van der Waals surface area contributed by atoms with Gasteiger partial charge in [0.25, 0.3) is 0 Å². The Morgan fingerprint density at radius 3 is 2.80 bits per heavy atom. The van der Waals surface area contributed by atoms with Crippen molar-refractivity contribution in [3.05, 3.63) is 47.7 Å². The Balaban J connectivity index is 1.98. The normalized spacial score (nSPS) is 21.6. The molecule has 0 fully saturated rings. The van der Waals surface area contributed by atoms with E-state index in [9.17, 15) is 5.11 Å². The molecule has 1 aliphatic rings. The Bertz CT molecular complexity index is 663. The molecule has 3 nitrogen and oxygen atoms in total. The van der Waals surface area contributed by atoms with Gasteiger partial charge < -0.3 is 10.4 Å². The second kappa shape index (κ2) is 5.25. The van der Waals surface area contributed by atoms with Crippen molar-refractivity contribution < 1.29 is 5.11 Å². The molecule has 2 atom stereocenters. The zero-order valence-electron chi connectivity index (χ0n) is 11.9. The van der Waals surface area contributed by atoms with Crippen molar-refractivity contribution in [3.8, 4) is 0 Å². The first kappa shape index (κ1) is 13.1. The molecule has 1 aliphatic carbocycles. The van der Waals surface area contributed by atoms with Gasteiger partial charge in [-0.05, 0) is 31.9 Å². The summed E-state index contributed by atoms with van der Waals surface area (Å²) in [6.07, 6.45) is 5.21. The lowest BCUT2D eigenvalue weighted by atomic mass is 10.0. The molecule has 0 amide bonds. The van der Waals surface area contributed by atoms with Crippen molar-refractivity contribution in [3.63, 3.8) is 0 Å². The van der Waals surface area contributed by atoms with Crippen LogP contribution >= 0.6 is 0 Å². The first-order valence-electron chi connectivity index (χ1n) is 7.10. The van der Waals surface area contributed by atoms with Crippen LogP contribution < -0.4 is 5.32 Å². The molecule has 0 radical (unpaired) electrons. The highest BCUT2D eigenvalue weighted by atomic mass is 16.3. The van der Waals surface area contributed by atoms with Crippen LogP contribution in [0.15, 0.2) is 36.4 Å². The summed E-state index contributed by atoms with van der Waals surface area (Å²) in [6, 6.07) is 8.51. The summed E-state index contributed by atoms with van der Waals surface area (Å²) in [6.45, 7) is 4.39. The lowest BCUT2D eigenvalue weighted by molar-refractivity contribution is 0.250. The van der Waals surface area contributed by atoms with E-state index in [-0.39, 0.29) is 18.6 Å². The highest BCUT2D eigenvalue weighted by Gasteiger charge is 2.19. The summed E-state index contributed by atoms with van der Waals surface area (Å²) < 4.78 is 0. The van der Waals surface area contributed by atoms with Crippen molar-refractivity contribution >= 4 is 16.6 Å². The van der Waals surface area contributed by atoms with E-state index in [1.807, 2.05) is 25.1 Å². The minimum Gasteiger partial charge on any atom is -0.396 e. The quantitative estimate of drug-likeness (QED) is 0.840. The zero-order valence-corrected chi connectivity index (χ0v) is 11.9. The maximum absolute atomic E-state index is 9.23. The number of para-hydroxylation sites is 1. The van der Waals surface area contributed by atoms with Crippen LogP contribution in [0.2, 0.25) is 0 Å². The second-order valence-electron chi connectivity index (χ2n) is 5.53. The maximum atomic E-state index is 9.23. The van der Waals surface area contributed by atoms with Crippen molar-refractivity contribution in [1.82, 2.24) is 4.98 Å². The van der Waals surface area contributed by atoms with Gasteiger partial charge >= 0.3 is 0 Å². The van der Waals surface area contributed by atoms with Crippen molar-refractivity contribution in [1.29, 1.82) is 0 Å². The fraction of sp³-hybridized carbons (Fsp3) is 0.353. The van der Waals surface area contributed by atoms with Crippen molar-refractivity contribution in [2.75, 3.05) is 11.9 Å². The maximum Gasteiger partial charge on any atom is 0.0726 e. The fourth-order valence-electron chi connectivity index (χ4n) is 2.82. The van der Waals surface area contributed by atoms with E-state index in [2.05, 4.69) is 35.4 Å². The van der Waals surface area contributed by atoms with Gasteiger partial charge in [-0.1, -0.05) is 30.4 Å². The Kier molecular flexibility index (Phi) is 3.45. The van der Waals surface area contributed by atoms with Crippen molar-refractivity contribution in [2.24, 2.45) is 5.92 Å². The number of aromatic nitrogens is 1. The highest BCUT2D eigenvalue weighted by Crippen LogP contribution is 2.30. The van der Waals surface area contributed by atoms with Crippen LogP contribution in [0.1, 0.15) is 17.7 Å². The van der Waals surface area contributed by atoms with E-state index in [0.29, 0.717) is 0 Å². The number of pyridine rings is 1. The minimum absolute atomic E-state index is 0.226. The van der Waals surface area contributed by atoms with Gasteiger partial charge in [-0.25, -0.2) is 0 Å². The van der Waals surface area contributed by atoms with E-state index >= 15 is 0 Å². The predicted molar refractivity (Wildman–Crippen MR) is 83.0 cm³/mol. The molecule has 1 aromatic heterocycles. The molecule has 0 aliphatic heterocycles. The summed E-state index contributed by atoms with van der Waals surface area (Å²) in [5.74, 6) is 0.280. The molecule has 2 aromatic rings. The molecule has 20 heavy (non-hydrogen) atoms. The molecule has 0 saturated carbocycles. The van der Waals surface area contributed by atoms with Crippen LogP contribution in [0, 0.1) is 19.8 Å². The van der Waals surface area contributed by atoms with E-state index in [1.165, 1.54) is 11.3 Å². The summed E-state index contributed by atoms with van der Waals surface area (Å²) in [5.41, 5.74) is 4.46. The number of nitrogens with one attached hydrogen (secondary N) is 1. The summed E-state index contributed by atoms with van der Waals surface area (Å²) in [4.78, 5) is 4.64. The molecule has 3 heteroatoms. The highest BCUT2D eigenvalue weighted by molar-refractivity contribution is 5.93. The number of aryl methyl sites for hydroxylation is 1. The van der Waals surface area contributed by atoms with Crippen LogP contribution in [0.4, 0.5) is 5.69 Å². The van der Waals surface area contributed by atoms with Crippen molar-refractivity contribution in [2.45, 2.75) is 26.3 Å². The van der Waals surface area contributed by atoms with Crippen LogP contribution in [0.3, 0.4) is 0 Å². The minimum atomic E-state index is 0.226. The SMILES string of the molecule is Cc1nc2ccccc2c(N[C@@H]2C=C[C@H](CO)C2)c1C. The van der Waals surface area contributed by atoms with Gasteiger partial charge in [0.1, 0.15) is 0 Å². The van der Waals surface area contributed by atoms with Gasteiger partial charge in [-0.3, -0.25) is 4.98 Å². The molecule has 2 N–H and O–H groups in total. The summed E-state index contributed by atoms with van der Waals surface area (Å²) in [5, 5.41) is 14.0. The zero-order chi connectivity index (χ0) is 14.1. The monoisotopic (exact) mass is 268 g/mol. The largest absolute Gasteiger partial charge is 0.396 e. The average molecular weight is 268 g/mol. The molecule has 1 heterocycles. The summed E-state index contributed by atoms with van der Waals surface area (Å²) >= 11 is 0. The fourth-order valence-corrected chi connectivity index (χ4v) is 2.82. The van der Waals surface area contributed by atoms with Crippen LogP contribution in [-0.2, 0) is 0 Å². The standard InChI is InChI=1S/C17H20N2O/c1-11-12(2)18-16-6-4-3-5-15(16)17(11)19-14-8-7-13(9-14)10-20/h3-8,13-14,20H,9-10H2,1-2H3,(H,18,19)/t13-,14+/m0/s1. The van der Waals surface area contributed by atoms with Gasteiger partial charge in [0, 0.05) is 35.3 Å². The van der Waals surface area contributed by atoms with E-state index in [0.717, 1.165) is 23.0 Å². The predicted octanol–water partition coefficient (Wildman–Crippen LogP) is 3.20. The molecular weight excluding hydrogens is 248 g/mol. The number of rotatable bonds is 3. The molecule has 0 spiro atoms. The number of aliphatic hydroxyl groups excluding tert-OH is 1.